The van der Waals surface area contributed by atoms with Gasteiger partial charge in [-0.15, -0.1) is 11.8 Å². The highest BCUT2D eigenvalue weighted by Crippen LogP contribution is 2.27. The summed E-state index contributed by atoms with van der Waals surface area (Å²) < 4.78 is 1.01. The molecule has 0 radical (unpaired) electrons. The summed E-state index contributed by atoms with van der Waals surface area (Å²) in [6.45, 7) is 6.63. The van der Waals surface area contributed by atoms with E-state index in [2.05, 4.69) is 13.8 Å². The van der Waals surface area contributed by atoms with E-state index in [-0.39, 0.29) is 5.37 Å². The number of hydrogen-bond acceptors (Lipinski definition) is 3. The molecular weight excluding hydrogens is 475 g/mol. The van der Waals surface area contributed by atoms with Gasteiger partial charge in [-0.1, -0.05) is 187 Å². The Labute approximate surface area is 238 Å². The number of nitrogens with two attached hydrogens (primary N) is 1. The van der Waals surface area contributed by atoms with Crippen LogP contribution in [0.25, 0.3) is 0 Å². The first-order valence-corrected chi connectivity index (χ1v) is 17.8. The number of rotatable bonds is 29. The summed E-state index contributed by atoms with van der Waals surface area (Å²) >= 11 is 7.09. The molecule has 1 nitrogen and oxygen atoms in total. The van der Waals surface area contributed by atoms with E-state index in [1.54, 1.807) is 11.8 Å². The fraction of sp³-hybridized carbons (Fsp3) is 0.970. The number of thioether (sulfide) groups is 1. The summed E-state index contributed by atoms with van der Waals surface area (Å²) in [6.07, 6.45) is 38.2. The topological polar surface area (TPSA) is 26.0 Å². The molecule has 0 saturated heterocycles. The van der Waals surface area contributed by atoms with Gasteiger partial charge < -0.3 is 5.73 Å². The quantitative estimate of drug-likeness (QED) is 0.0579. The predicted molar refractivity (Wildman–Crippen MR) is 173 cm³/mol. The Hall–Kier alpha value is 0.400. The second-order valence-corrected chi connectivity index (χ2v) is 13.8. The van der Waals surface area contributed by atoms with E-state index in [1.807, 2.05) is 6.92 Å². The van der Waals surface area contributed by atoms with E-state index in [9.17, 15) is 0 Å². The number of hydrogen-bond donors (Lipinski definition) is 1. The van der Waals surface area contributed by atoms with E-state index in [0.717, 1.165) is 4.20 Å². The van der Waals surface area contributed by atoms with Crippen molar-refractivity contribution in [3.8, 4) is 0 Å². The van der Waals surface area contributed by atoms with E-state index < -0.39 is 0 Å². The average molecular weight is 542 g/mol. The Morgan fingerprint density at radius 1 is 0.500 bits per heavy atom. The molecule has 0 rings (SSSR count). The van der Waals surface area contributed by atoms with Crippen LogP contribution in [0.2, 0.25) is 0 Å². The second-order valence-electron chi connectivity index (χ2n) is 11.5. The van der Waals surface area contributed by atoms with Gasteiger partial charge >= 0.3 is 0 Å². The molecule has 36 heavy (non-hydrogen) atoms. The molecule has 3 heteroatoms. The summed E-state index contributed by atoms with van der Waals surface area (Å²) in [5.41, 5.74) is 6.58. The molecule has 2 N–H and O–H groups in total. The molecule has 0 aromatic carbocycles. The highest BCUT2D eigenvalue weighted by Gasteiger charge is 2.18. The van der Waals surface area contributed by atoms with Crippen molar-refractivity contribution in [1.82, 2.24) is 0 Å². The fourth-order valence-corrected chi connectivity index (χ4v) is 6.61. The maximum Gasteiger partial charge on any atom is 0.0588 e. The Kier molecular flexibility index (Phi) is 30.3. The normalized spacial score (nSPS) is 13.2. The Morgan fingerprint density at radius 2 is 0.750 bits per heavy atom. The SMILES string of the molecule is CCCCCCCCCCCCCCCC(CCCCCCCCCCCCCC)C(N)SC(C)=S. The Balaban J connectivity index is 3.75. The molecule has 0 spiro atoms. The summed E-state index contributed by atoms with van der Waals surface area (Å²) in [5, 5.41) is 0.201. The highest BCUT2D eigenvalue weighted by atomic mass is 32.2. The zero-order valence-electron chi connectivity index (χ0n) is 25.1. The molecule has 0 heterocycles. The van der Waals surface area contributed by atoms with Gasteiger partial charge in [-0.25, -0.2) is 0 Å². The zero-order valence-corrected chi connectivity index (χ0v) is 26.8. The summed E-state index contributed by atoms with van der Waals surface area (Å²) in [4.78, 5) is 0. The first-order valence-electron chi connectivity index (χ1n) is 16.5. The molecule has 0 aromatic heterocycles. The zero-order chi connectivity index (χ0) is 26.5. The van der Waals surface area contributed by atoms with Gasteiger partial charge in [0.2, 0.25) is 0 Å². The molecule has 0 amide bonds. The fourth-order valence-electron chi connectivity index (χ4n) is 5.43. The third-order valence-corrected chi connectivity index (χ3v) is 9.15. The summed E-state index contributed by atoms with van der Waals surface area (Å²) in [5.74, 6) is 0.642. The van der Waals surface area contributed by atoms with Crippen LogP contribution < -0.4 is 5.73 Å². The lowest BCUT2D eigenvalue weighted by molar-refractivity contribution is 0.394. The average Bonchev–Trinajstić information content (AvgIpc) is 2.85. The van der Waals surface area contributed by atoms with Crippen LogP contribution in [-0.2, 0) is 0 Å². The maximum absolute atomic E-state index is 6.58. The minimum atomic E-state index is 0.201. The molecule has 0 aliphatic heterocycles. The van der Waals surface area contributed by atoms with Crippen LogP contribution in [0.5, 0.6) is 0 Å². The number of thiocarbonyl (C=S) groups is 1. The lowest BCUT2D eigenvalue weighted by atomic mass is 9.94. The first-order chi connectivity index (χ1) is 17.6. The molecule has 2 unspecified atom stereocenters. The standard InChI is InChI=1S/C33H67NS2/c1-4-6-8-10-12-14-16-18-20-22-24-26-28-30-32(33(34)36-31(3)35)29-27-25-23-21-19-17-15-13-11-9-7-5-2/h32-33H,4-30,34H2,1-3H3. The molecule has 2 atom stereocenters. The lowest BCUT2D eigenvalue weighted by Gasteiger charge is -2.23. The minimum absolute atomic E-state index is 0.201. The van der Waals surface area contributed by atoms with E-state index in [1.165, 1.54) is 173 Å². The van der Waals surface area contributed by atoms with Crippen LogP contribution in [0.3, 0.4) is 0 Å². The third kappa shape index (κ3) is 27.4. The summed E-state index contributed by atoms with van der Waals surface area (Å²) in [7, 11) is 0. The molecular formula is C33H67NS2. The van der Waals surface area contributed by atoms with Crippen LogP contribution in [-0.4, -0.2) is 9.57 Å². The van der Waals surface area contributed by atoms with Gasteiger partial charge in [0.25, 0.3) is 0 Å². The maximum atomic E-state index is 6.58. The smallest absolute Gasteiger partial charge is 0.0588 e. The predicted octanol–water partition coefficient (Wildman–Crippen LogP) is 12.5. The van der Waals surface area contributed by atoms with Crippen molar-refractivity contribution in [2.24, 2.45) is 11.7 Å². The number of unbranched alkanes of at least 4 members (excludes halogenated alkanes) is 23. The van der Waals surface area contributed by atoms with Crippen molar-refractivity contribution >= 4 is 28.2 Å². The molecule has 0 aromatic rings. The molecule has 216 valence electrons. The van der Waals surface area contributed by atoms with E-state index >= 15 is 0 Å². The highest BCUT2D eigenvalue weighted by molar-refractivity contribution is 8.23. The van der Waals surface area contributed by atoms with Crippen molar-refractivity contribution in [2.45, 2.75) is 200 Å². The van der Waals surface area contributed by atoms with Gasteiger partial charge in [-0.2, -0.15) is 0 Å². The lowest BCUT2D eigenvalue weighted by Crippen LogP contribution is -2.27. The van der Waals surface area contributed by atoms with Crippen molar-refractivity contribution < 1.29 is 0 Å². The van der Waals surface area contributed by atoms with Crippen LogP contribution >= 0.6 is 24.0 Å². The van der Waals surface area contributed by atoms with Crippen LogP contribution in [0.15, 0.2) is 0 Å². The van der Waals surface area contributed by atoms with Crippen LogP contribution in [0.1, 0.15) is 194 Å². The summed E-state index contributed by atoms with van der Waals surface area (Å²) in [6, 6.07) is 0. The van der Waals surface area contributed by atoms with Crippen molar-refractivity contribution in [1.29, 1.82) is 0 Å². The van der Waals surface area contributed by atoms with E-state index in [4.69, 9.17) is 18.0 Å². The molecule has 0 bridgehead atoms. The second kappa shape index (κ2) is 29.9. The van der Waals surface area contributed by atoms with E-state index in [0.29, 0.717) is 5.92 Å². The van der Waals surface area contributed by atoms with Gasteiger partial charge in [0, 0.05) is 4.20 Å². The van der Waals surface area contributed by atoms with Crippen LogP contribution in [0.4, 0.5) is 0 Å². The van der Waals surface area contributed by atoms with Crippen molar-refractivity contribution in [2.75, 3.05) is 0 Å². The van der Waals surface area contributed by atoms with Crippen molar-refractivity contribution in [3.05, 3.63) is 0 Å². The Morgan fingerprint density at radius 3 is 1.00 bits per heavy atom. The monoisotopic (exact) mass is 541 g/mol. The van der Waals surface area contributed by atoms with Crippen molar-refractivity contribution in [3.63, 3.8) is 0 Å². The molecule has 0 aliphatic rings. The first kappa shape index (κ1) is 36.4. The molecule has 0 saturated carbocycles. The van der Waals surface area contributed by atoms with Gasteiger partial charge in [-0.3, -0.25) is 0 Å². The van der Waals surface area contributed by atoms with Crippen LogP contribution in [0, 0.1) is 5.92 Å². The van der Waals surface area contributed by atoms with Gasteiger partial charge in [0.05, 0.1) is 5.37 Å². The molecule has 0 aliphatic carbocycles. The Bertz CT molecular complexity index is 439. The van der Waals surface area contributed by atoms with Gasteiger partial charge in [-0.05, 0) is 25.7 Å². The minimum Gasteiger partial charge on any atom is -0.319 e. The molecule has 0 fully saturated rings. The largest absolute Gasteiger partial charge is 0.319 e. The third-order valence-electron chi connectivity index (χ3n) is 7.87. The van der Waals surface area contributed by atoms with Gasteiger partial charge in [0.1, 0.15) is 0 Å². The van der Waals surface area contributed by atoms with Gasteiger partial charge in [0.15, 0.2) is 0 Å².